The fraction of sp³-hybridized carbons (Fsp3) is 0.538. The molecular weight excluding hydrogens is 264 g/mol. The van der Waals surface area contributed by atoms with Crippen molar-refractivity contribution in [1.82, 2.24) is 4.31 Å². The molecule has 0 radical (unpaired) electrons. The molecule has 0 atom stereocenters. The fourth-order valence-electron chi connectivity index (χ4n) is 1.77. The number of nitrogens with zero attached hydrogens (tertiary/aromatic N) is 2. The van der Waals surface area contributed by atoms with Crippen LogP contribution in [0.1, 0.15) is 13.3 Å². The Hall–Kier alpha value is -1.11. The molecule has 0 fully saturated rings. The lowest BCUT2D eigenvalue weighted by Crippen LogP contribution is -2.25. The standard InChI is InChI=1S/C13H22N2O3S/c1-4-15(10-5-11-16)12-6-8-13(9-7-12)19(17,18)14(2)3/h6-9,16H,4-5,10-11H2,1-3H3. The zero-order valence-electron chi connectivity index (χ0n) is 11.7. The summed E-state index contributed by atoms with van der Waals surface area (Å²) in [7, 11) is -0.335. The van der Waals surface area contributed by atoms with E-state index in [-0.39, 0.29) is 6.61 Å². The molecule has 0 spiro atoms. The molecule has 108 valence electrons. The zero-order chi connectivity index (χ0) is 14.5. The molecule has 0 aliphatic rings. The van der Waals surface area contributed by atoms with Crippen LogP contribution in [0.5, 0.6) is 0 Å². The van der Waals surface area contributed by atoms with Gasteiger partial charge in [0, 0.05) is 39.5 Å². The summed E-state index contributed by atoms with van der Waals surface area (Å²) in [6, 6.07) is 6.84. The van der Waals surface area contributed by atoms with Crippen LogP contribution >= 0.6 is 0 Å². The molecule has 0 unspecified atom stereocenters. The highest BCUT2D eigenvalue weighted by molar-refractivity contribution is 7.89. The van der Waals surface area contributed by atoms with Gasteiger partial charge in [0.2, 0.25) is 10.0 Å². The second kappa shape index (κ2) is 6.88. The maximum Gasteiger partial charge on any atom is 0.242 e. The third kappa shape index (κ3) is 3.92. The van der Waals surface area contributed by atoms with Gasteiger partial charge in [0.15, 0.2) is 0 Å². The summed E-state index contributed by atoms with van der Waals surface area (Å²) in [5.41, 5.74) is 0.966. The molecule has 1 aromatic rings. The van der Waals surface area contributed by atoms with Crippen LogP contribution < -0.4 is 4.90 Å². The van der Waals surface area contributed by atoms with E-state index in [9.17, 15) is 8.42 Å². The van der Waals surface area contributed by atoms with Gasteiger partial charge in [-0.15, -0.1) is 0 Å². The monoisotopic (exact) mass is 286 g/mol. The van der Waals surface area contributed by atoms with E-state index in [1.54, 1.807) is 24.3 Å². The van der Waals surface area contributed by atoms with Crippen LogP contribution in [0.25, 0.3) is 0 Å². The lowest BCUT2D eigenvalue weighted by molar-refractivity contribution is 0.289. The molecule has 0 bridgehead atoms. The van der Waals surface area contributed by atoms with E-state index in [0.29, 0.717) is 11.3 Å². The average Bonchev–Trinajstić information content (AvgIpc) is 2.40. The summed E-state index contributed by atoms with van der Waals surface area (Å²) in [6.07, 6.45) is 0.700. The molecule has 1 N–H and O–H groups in total. The number of benzene rings is 1. The Morgan fingerprint density at radius 3 is 2.16 bits per heavy atom. The van der Waals surface area contributed by atoms with Crippen molar-refractivity contribution in [3.05, 3.63) is 24.3 Å². The largest absolute Gasteiger partial charge is 0.396 e. The normalized spacial score (nSPS) is 11.8. The SMILES string of the molecule is CCN(CCCO)c1ccc(S(=O)(=O)N(C)C)cc1. The lowest BCUT2D eigenvalue weighted by atomic mass is 10.2. The fourth-order valence-corrected chi connectivity index (χ4v) is 2.67. The van der Waals surface area contributed by atoms with Crippen LogP contribution in [0, 0.1) is 0 Å². The van der Waals surface area contributed by atoms with Gasteiger partial charge in [0.1, 0.15) is 0 Å². The minimum absolute atomic E-state index is 0.156. The number of sulfonamides is 1. The highest BCUT2D eigenvalue weighted by atomic mass is 32.2. The number of hydrogen-bond donors (Lipinski definition) is 1. The van der Waals surface area contributed by atoms with Crippen LogP contribution in [-0.4, -0.2) is 51.6 Å². The Balaban J connectivity index is 2.92. The summed E-state index contributed by atoms with van der Waals surface area (Å²) in [4.78, 5) is 2.39. The summed E-state index contributed by atoms with van der Waals surface area (Å²) >= 11 is 0. The van der Waals surface area contributed by atoms with Crippen LogP contribution in [0.2, 0.25) is 0 Å². The number of aliphatic hydroxyl groups is 1. The molecule has 19 heavy (non-hydrogen) atoms. The molecule has 6 heteroatoms. The first-order valence-corrected chi connectivity index (χ1v) is 7.76. The minimum Gasteiger partial charge on any atom is -0.396 e. The first-order chi connectivity index (χ1) is 8.93. The second-order valence-corrected chi connectivity index (χ2v) is 6.59. The van der Waals surface area contributed by atoms with Gasteiger partial charge >= 0.3 is 0 Å². The molecule has 0 heterocycles. The van der Waals surface area contributed by atoms with Crippen LogP contribution in [0.15, 0.2) is 29.2 Å². The van der Waals surface area contributed by atoms with Gasteiger partial charge in [-0.25, -0.2) is 12.7 Å². The average molecular weight is 286 g/mol. The quantitative estimate of drug-likeness (QED) is 0.816. The Kier molecular flexibility index (Phi) is 5.78. The Labute approximate surface area is 115 Å². The summed E-state index contributed by atoms with van der Waals surface area (Å²) in [5.74, 6) is 0. The number of rotatable bonds is 7. The van der Waals surface area contributed by atoms with Gasteiger partial charge in [-0.05, 0) is 37.6 Å². The van der Waals surface area contributed by atoms with Crippen LogP contribution in [0.4, 0.5) is 5.69 Å². The van der Waals surface area contributed by atoms with Crippen molar-refractivity contribution in [3.63, 3.8) is 0 Å². The molecule has 5 nitrogen and oxygen atoms in total. The Bertz CT molecular complexity index is 483. The van der Waals surface area contributed by atoms with E-state index in [1.165, 1.54) is 18.4 Å². The maximum atomic E-state index is 11.9. The summed E-state index contributed by atoms with van der Waals surface area (Å²) in [5, 5.41) is 8.86. The van der Waals surface area contributed by atoms with Gasteiger partial charge in [0.25, 0.3) is 0 Å². The molecule has 0 amide bonds. The van der Waals surface area contributed by atoms with Crippen molar-refractivity contribution in [3.8, 4) is 0 Å². The molecule has 0 aliphatic heterocycles. The van der Waals surface area contributed by atoms with E-state index in [4.69, 9.17) is 5.11 Å². The van der Waals surface area contributed by atoms with Crippen molar-refractivity contribution < 1.29 is 13.5 Å². The molecular formula is C13H22N2O3S. The molecule has 0 saturated carbocycles. The minimum atomic E-state index is -3.37. The molecule has 0 aromatic heterocycles. The van der Waals surface area contributed by atoms with Gasteiger partial charge in [-0.1, -0.05) is 0 Å². The summed E-state index contributed by atoms with van der Waals surface area (Å²) in [6.45, 7) is 3.76. The molecule has 0 aliphatic carbocycles. The number of aliphatic hydroxyl groups excluding tert-OH is 1. The predicted molar refractivity (Wildman–Crippen MR) is 76.9 cm³/mol. The topological polar surface area (TPSA) is 60.9 Å². The number of anilines is 1. The molecule has 1 aromatic carbocycles. The highest BCUT2D eigenvalue weighted by Crippen LogP contribution is 2.19. The van der Waals surface area contributed by atoms with E-state index in [2.05, 4.69) is 4.90 Å². The molecule has 0 saturated heterocycles. The lowest BCUT2D eigenvalue weighted by Gasteiger charge is -2.23. The third-order valence-electron chi connectivity index (χ3n) is 2.95. The Morgan fingerprint density at radius 2 is 1.74 bits per heavy atom. The first-order valence-electron chi connectivity index (χ1n) is 6.32. The van der Waals surface area contributed by atoms with Crippen molar-refractivity contribution in [2.45, 2.75) is 18.2 Å². The molecule has 1 rings (SSSR count). The maximum absolute atomic E-state index is 11.9. The van der Waals surface area contributed by atoms with Crippen LogP contribution in [-0.2, 0) is 10.0 Å². The van der Waals surface area contributed by atoms with Gasteiger partial charge in [-0.2, -0.15) is 0 Å². The zero-order valence-corrected chi connectivity index (χ0v) is 12.5. The third-order valence-corrected chi connectivity index (χ3v) is 4.78. The van der Waals surface area contributed by atoms with E-state index in [1.807, 2.05) is 6.92 Å². The smallest absolute Gasteiger partial charge is 0.242 e. The van der Waals surface area contributed by atoms with E-state index >= 15 is 0 Å². The van der Waals surface area contributed by atoms with E-state index in [0.717, 1.165) is 18.8 Å². The van der Waals surface area contributed by atoms with Crippen LogP contribution in [0.3, 0.4) is 0 Å². The summed E-state index contributed by atoms with van der Waals surface area (Å²) < 4.78 is 25.1. The van der Waals surface area contributed by atoms with Crippen molar-refractivity contribution in [2.75, 3.05) is 38.7 Å². The van der Waals surface area contributed by atoms with Gasteiger partial charge in [-0.3, -0.25) is 0 Å². The number of hydrogen-bond acceptors (Lipinski definition) is 4. The predicted octanol–water partition coefficient (Wildman–Crippen LogP) is 1.15. The van der Waals surface area contributed by atoms with Gasteiger partial charge in [0.05, 0.1) is 4.90 Å². The Morgan fingerprint density at radius 1 is 1.16 bits per heavy atom. The van der Waals surface area contributed by atoms with E-state index < -0.39 is 10.0 Å². The van der Waals surface area contributed by atoms with Crippen molar-refractivity contribution >= 4 is 15.7 Å². The second-order valence-electron chi connectivity index (χ2n) is 4.44. The van der Waals surface area contributed by atoms with Crippen molar-refractivity contribution in [2.24, 2.45) is 0 Å². The first kappa shape index (κ1) is 15.9. The van der Waals surface area contributed by atoms with Gasteiger partial charge < -0.3 is 10.0 Å². The van der Waals surface area contributed by atoms with Crippen molar-refractivity contribution in [1.29, 1.82) is 0 Å². The highest BCUT2D eigenvalue weighted by Gasteiger charge is 2.17.